The van der Waals surface area contributed by atoms with Crippen molar-refractivity contribution in [3.63, 3.8) is 0 Å². The molecule has 106 valence electrons. The molecule has 0 fully saturated rings. The van der Waals surface area contributed by atoms with Crippen LogP contribution >= 0.6 is 0 Å². The smallest absolute Gasteiger partial charge is 0.0731 e. The monoisotopic (exact) mass is 272 g/mol. The summed E-state index contributed by atoms with van der Waals surface area (Å²) in [6, 6.07) is 7.88. The SMILES string of the molecule is c1cncc(COCCCCOCc2cccnc2)c1. The highest BCUT2D eigenvalue weighted by Gasteiger charge is 1.95. The van der Waals surface area contributed by atoms with Gasteiger partial charge in [0.05, 0.1) is 13.2 Å². The van der Waals surface area contributed by atoms with Gasteiger partial charge in [-0.15, -0.1) is 0 Å². The second kappa shape index (κ2) is 9.18. The van der Waals surface area contributed by atoms with E-state index < -0.39 is 0 Å². The molecule has 0 aromatic carbocycles. The van der Waals surface area contributed by atoms with Gasteiger partial charge in [0.1, 0.15) is 0 Å². The molecular formula is C16H20N2O2. The van der Waals surface area contributed by atoms with Crippen LogP contribution in [0.25, 0.3) is 0 Å². The Morgan fingerprint density at radius 2 is 1.25 bits per heavy atom. The average Bonchev–Trinajstić information content (AvgIpc) is 2.52. The van der Waals surface area contributed by atoms with Crippen molar-refractivity contribution in [2.45, 2.75) is 26.1 Å². The lowest BCUT2D eigenvalue weighted by Gasteiger charge is -2.05. The molecule has 20 heavy (non-hydrogen) atoms. The summed E-state index contributed by atoms with van der Waals surface area (Å²) in [5.74, 6) is 0. The molecular weight excluding hydrogens is 252 g/mol. The Labute approximate surface area is 119 Å². The molecule has 0 N–H and O–H groups in total. The van der Waals surface area contributed by atoms with Crippen LogP contribution in [0.4, 0.5) is 0 Å². The molecule has 2 rings (SSSR count). The molecule has 0 saturated carbocycles. The van der Waals surface area contributed by atoms with Crippen LogP contribution in [0, 0.1) is 0 Å². The Hall–Kier alpha value is -1.78. The molecule has 0 radical (unpaired) electrons. The predicted octanol–water partition coefficient (Wildman–Crippen LogP) is 2.99. The van der Waals surface area contributed by atoms with Crippen LogP contribution in [0.2, 0.25) is 0 Å². The minimum Gasteiger partial charge on any atom is -0.377 e. The molecule has 2 aromatic heterocycles. The molecule has 0 saturated heterocycles. The molecule has 0 aliphatic carbocycles. The number of hydrogen-bond donors (Lipinski definition) is 0. The summed E-state index contributed by atoms with van der Waals surface area (Å²) >= 11 is 0. The molecule has 0 spiro atoms. The number of ether oxygens (including phenoxy) is 2. The van der Waals surface area contributed by atoms with Crippen molar-refractivity contribution in [1.29, 1.82) is 0 Å². The van der Waals surface area contributed by atoms with Crippen molar-refractivity contribution < 1.29 is 9.47 Å². The molecule has 0 aliphatic rings. The van der Waals surface area contributed by atoms with Gasteiger partial charge >= 0.3 is 0 Å². The van der Waals surface area contributed by atoms with Crippen LogP contribution in [0.3, 0.4) is 0 Å². The fourth-order valence-electron chi connectivity index (χ4n) is 1.76. The van der Waals surface area contributed by atoms with Crippen LogP contribution in [0.15, 0.2) is 49.1 Å². The van der Waals surface area contributed by atoms with Gasteiger partial charge < -0.3 is 9.47 Å². The maximum absolute atomic E-state index is 5.58. The lowest BCUT2D eigenvalue weighted by Crippen LogP contribution is -2.00. The van der Waals surface area contributed by atoms with E-state index in [-0.39, 0.29) is 0 Å². The van der Waals surface area contributed by atoms with Gasteiger partial charge in [-0.05, 0) is 36.1 Å². The Kier molecular flexibility index (Phi) is 6.71. The van der Waals surface area contributed by atoms with E-state index in [9.17, 15) is 0 Å². The lowest BCUT2D eigenvalue weighted by atomic mass is 10.3. The largest absolute Gasteiger partial charge is 0.377 e. The third-order valence-corrected chi connectivity index (χ3v) is 2.81. The third kappa shape index (κ3) is 5.91. The normalized spacial score (nSPS) is 10.6. The van der Waals surface area contributed by atoms with Crippen LogP contribution < -0.4 is 0 Å². The highest BCUT2D eigenvalue weighted by atomic mass is 16.5. The molecule has 2 aromatic rings. The summed E-state index contributed by atoms with van der Waals surface area (Å²) in [7, 11) is 0. The van der Waals surface area contributed by atoms with E-state index in [2.05, 4.69) is 9.97 Å². The zero-order valence-electron chi connectivity index (χ0n) is 11.6. The van der Waals surface area contributed by atoms with Crippen molar-refractivity contribution in [3.8, 4) is 0 Å². The van der Waals surface area contributed by atoms with Crippen molar-refractivity contribution in [1.82, 2.24) is 9.97 Å². The summed E-state index contributed by atoms with van der Waals surface area (Å²) in [6.07, 6.45) is 9.21. The molecule has 4 nitrogen and oxygen atoms in total. The summed E-state index contributed by atoms with van der Waals surface area (Å²) in [5.41, 5.74) is 2.22. The van der Waals surface area contributed by atoms with Crippen LogP contribution in [-0.2, 0) is 22.7 Å². The summed E-state index contributed by atoms with van der Waals surface area (Å²) in [6.45, 7) is 2.77. The minimum absolute atomic E-state index is 0.629. The quantitative estimate of drug-likeness (QED) is 0.658. The Morgan fingerprint density at radius 3 is 1.65 bits per heavy atom. The molecule has 0 unspecified atom stereocenters. The maximum Gasteiger partial charge on any atom is 0.0731 e. The molecule has 2 heterocycles. The van der Waals surface area contributed by atoms with E-state index in [1.54, 1.807) is 12.4 Å². The Morgan fingerprint density at radius 1 is 0.750 bits per heavy atom. The van der Waals surface area contributed by atoms with E-state index in [0.29, 0.717) is 13.2 Å². The van der Waals surface area contributed by atoms with Crippen LogP contribution in [-0.4, -0.2) is 23.2 Å². The number of unbranched alkanes of at least 4 members (excludes halogenated alkanes) is 1. The molecule has 0 bridgehead atoms. The zero-order chi connectivity index (χ0) is 13.9. The standard InChI is InChI=1S/C16H20N2O2/c1(9-19-13-15-5-3-7-17-11-15)2-10-20-14-16-6-4-8-18-12-16/h3-8,11-12H,1-2,9-10,13-14H2. The van der Waals surface area contributed by atoms with Crippen LogP contribution in [0.1, 0.15) is 24.0 Å². The van der Waals surface area contributed by atoms with Crippen molar-refractivity contribution in [2.75, 3.05) is 13.2 Å². The van der Waals surface area contributed by atoms with Gasteiger partial charge in [-0.25, -0.2) is 0 Å². The fourth-order valence-corrected chi connectivity index (χ4v) is 1.76. The van der Waals surface area contributed by atoms with Gasteiger partial charge in [-0.2, -0.15) is 0 Å². The van der Waals surface area contributed by atoms with Gasteiger partial charge in [0, 0.05) is 38.0 Å². The highest BCUT2D eigenvalue weighted by molar-refractivity contribution is 5.07. The first-order valence-corrected chi connectivity index (χ1v) is 6.88. The number of nitrogens with zero attached hydrogens (tertiary/aromatic N) is 2. The average molecular weight is 272 g/mol. The van der Waals surface area contributed by atoms with E-state index in [0.717, 1.165) is 37.2 Å². The summed E-state index contributed by atoms with van der Waals surface area (Å²) in [4.78, 5) is 8.10. The minimum atomic E-state index is 0.629. The maximum atomic E-state index is 5.58. The Bertz CT molecular complexity index is 417. The first-order valence-electron chi connectivity index (χ1n) is 6.88. The topological polar surface area (TPSA) is 44.2 Å². The zero-order valence-corrected chi connectivity index (χ0v) is 11.6. The summed E-state index contributed by atoms with van der Waals surface area (Å²) in [5, 5.41) is 0. The van der Waals surface area contributed by atoms with E-state index in [1.807, 2.05) is 36.7 Å². The molecule has 0 aliphatic heterocycles. The third-order valence-electron chi connectivity index (χ3n) is 2.81. The number of aromatic nitrogens is 2. The van der Waals surface area contributed by atoms with Gasteiger partial charge in [0.2, 0.25) is 0 Å². The van der Waals surface area contributed by atoms with Crippen LogP contribution in [0.5, 0.6) is 0 Å². The molecule has 4 heteroatoms. The molecule has 0 atom stereocenters. The van der Waals surface area contributed by atoms with Crippen molar-refractivity contribution >= 4 is 0 Å². The molecule has 0 amide bonds. The highest BCUT2D eigenvalue weighted by Crippen LogP contribution is 2.02. The van der Waals surface area contributed by atoms with Gasteiger partial charge in [-0.1, -0.05) is 12.1 Å². The van der Waals surface area contributed by atoms with E-state index in [4.69, 9.17) is 9.47 Å². The fraction of sp³-hybridized carbons (Fsp3) is 0.375. The predicted molar refractivity (Wildman–Crippen MR) is 77.0 cm³/mol. The van der Waals surface area contributed by atoms with Gasteiger partial charge in [0.25, 0.3) is 0 Å². The van der Waals surface area contributed by atoms with E-state index in [1.165, 1.54) is 0 Å². The number of hydrogen-bond acceptors (Lipinski definition) is 4. The van der Waals surface area contributed by atoms with E-state index >= 15 is 0 Å². The summed E-state index contributed by atoms with van der Waals surface area (Å²) < 4.78 is 11.2. The van der Waals surface area contributed by atoms with Gasteiger partial charge in [0.15, 0.2) is 0 Å². The lowest BCUT2D eigenvalue weighted by molar-refractivity contribution is 0.0896. The number of rotatable bonds is 9. The second-order valence-electron chi connectivity index (χ2n) is 4.53. The first-order chi connectivity index (χ1) is 9.95. The van der Waals surface area contributed by atoms with Gasteiger partial charge in [-0.3, -0.25) is 9.97 Å². The van der Waals surface area contributed by atoms with Crippen molar-refractivity contribution in [3.05, 3.63) is 60.2 Å². The number of pyridine rings is 2. The second-order valence-corrected chi connectivity index (χ2v) is 4.53. The Balaban J connectivity index is 1.44. The first kappa shape index (κ1) is 14.6. The van der Waals surface area contributed by atoms with Crippen molar-refractivity contribution in [2.24, 2.45) is 0 Å².